The van der Waals surface area contributed by atoms with E-state index < -0.39 is 0 Å². The maximum Gasteiger partial charge on any atom is 0.0742 e. The highest BCUT2D eigenvalue weighted by molar-refractivity contribution is 7.97. The second-order valence-corrected chi connectivity index (χ2v) is 2.31. The summed E-state index contributed by atoms with van der Waals surface area (Å²) in [4.78, 5) is 0. The number of hydrogen-bond acceptors (Lipinski definition) is 2. The van der Waals surface area contributed by atoms with Crippen molar-refractivity contribution in [2.75, 3.05) is 0 Å². The molecule has 0 unspecified atom stereocenters. The van der Waals surface area contributed by atoms with Crippen molar-refractivity contribution in [2.24, 2.45) is 0 Å². The first-order valence-electron chi connectivity index (χ1n) is 1.06. The average molecular weight is 156 g/mol. The third-order valence-electron chi connectivity index (χ3n) is 0.141. The molecule has 0 aromatic rings. The van der Waals surface area contributed by atoms with Crippen LogP contribution in [0.25, 0.3) is 0 Å². The zero-order valence-electron chi connectivity index (χ0n) is 2.71. The Morgan fingerprint density at radius 2 is 1.33 bits per heavy atom. The van der Waals surface area contributed by atoms with Crippen molar-refractivity contribution in [3.8, 4) is 0 Å². The van der Waals surface area contributed by atoms with Crippen molar-refractivity contribution in [3.63, 3.8) is 0 Å². The first-order chi connectivity index (χ1) is 2.91. The second kappa shape index (κ2) is 5.96. The normalized spacial score (nSPS) is 10.0. The van der Waals surface area contributed by atoms with E-state index in [1.165, 1.54) is 0 Å². The fourth-order valence-electron chi connectivity index (χ4n) is 0.0408. The van der Waals surface area contributed by atoms with Crippen LogP contribution in [0.15, 0.2) is 0 Å². The van der Waals surface area contributed by atoms with Crippen LogP contribution in [0, 0.1) is 0 Å². The summed E-state index contributed by atoms with van der Waals surface area (Å²) in [6.45, 7) is 0. The molecule has 2 nitrogen and oxygen atoms in total. The lowest BCUT2D eigenvalue weighted by molar-refractivity contribution is 1.00. The molecule has 0 saturated heterocycles. The summed E-state index contributed by atoms with van der Waals surface area (Å²) in [7, 11) is 1.39. The summed E-state index contributed by atoms with van der Waals surface area (Å²) < 4.78 is 0. The highest BCUT2D eigenvalue weighted by atomic mass is 32.4. The van der Waals surface area contributed by atoms with Crippen LogP contribution < -0.4 is 10.4 Å². The molecule has 34 valence electrons. The third-order valence-corrected chi connectivity index (χ3v) is 1.27. The van der Waals surface area contributed by atoms with Gasteiger partial charge in [0.15, 0.2) is 0 Å². The van der Waals surface area contributed by atoms with Gasteiger partial charge in [0.2, 0.25) is 0 Å². The Balaban J connectivity index is 2.66. The van der Waals surface area contributed by atoms with E-state index in [0.717, 1.165) is 0 Å². The van der Waals surface area contributed by atoms with E-state index in [1.807, 2.05) is 0 Å². The van der Waals surface area contributed by atoms with E-state index >= 15 is 0 Å². The highest BCUT2D eigenvalue weighted by Gasteiger charge is 1.62. The van der Waals surface area contributed by atoms with E-state index in [2.05, 4.69) is 34.0 Å². The molecule has 0 aliphatic rings. The summed E-state index contributed by atoms with van der Waals surface area (Å²) in [6.07, 6.45) is 0. The largest absolute Gasteiger partial charge is 0.190 e. The van der Waals surface area contributed by atoms with Crippen LogP contribution >= 0.6 is 15.0 Å². The summed E-state index contributed by atoms with van der Waals surface area (Å²) in [5.41, 5.74) is 0. The number of nitrogens with one attached hydrogen (secondary N) is 2. The van der Waals surface area contributed by atoms with Gasteiger partial charge in [-0.1, -0.05) is 0 Å². The van der Waals surface area contributed by atoms with Crippen LogP contribution in [0.4, 0.5) is 0 Å². The Morgan fingerprint density at radius 3 is 1.50 bits per heavy atom. The van der Waals surface area contributed by atoms with Crippen LogP contribution in [0.2, 0.25) is 0 Å². The smallest absolute Gasteiger partial charge is 0.0742 e. The predicted molar refractivity (Wildman–Crippen MR) is 34.8 cm³/mol. The lowest BCUT2D eigenvalue weighted by Gasteiger charge is -1.81. The fraction of sp³-hybridized carbons (Fsp3) is 0. The third kappa shape index (κ3) is 4.96. The number of hydrogen-bond donors (Lipinski definition) is 2. The molecule has 0 aliphatic carbocycles. The van der Waals surface area contributed by atoms with Crippen molar-refractivity contribution >= 4 is 38.6 Å². The highest BCUT2D eigenvalue weighted by Crippen LogP contribution is 1.80. The molecule has 0 radical (unpaired) electrons. The topological polar surface area (TPSA) is 24.1 Å². The minimum atomic E-state index is 0.694. The minimum absolute atomic E-state index is 0.694. The van der Waals surface area contributed by atoms with Crippen LogP contribution in [0.1, 0.15) is 0 Å². The van der Waals surface area contributed by atoms with Gasteiger partial charge >= 0.3 is 0 Å². The van der Waals surface area contributed by atoms with Gasteiger partial charge < -0.3 is 0 Å². The van der Waals surface area contributed by atoms with Crippen molar-refractivity contribution < 1.29 is 0 Å². The van der Waals surface area contributed by atoms with Crippen molar-refractivity contribution in [3.05, 3.63) is 0 Å². The van der Waals surface area contributed by atoms with E-state index in [4.69, 9.17) is 0 Å². The van der Waals surface area contributed by atoms with Gasteiger partial charge in [0, 0.05) is 0 Å². The molecule has 0 aliphatic heterocycles. The monoisotopic (exact) mass is 156 g/mol. The van der Waals surface area contributed by atoms with Gasteiger partial charge in [0.1, 0.15) is 0 Å². The molecular weight excluding hydrogens is 154 g/mol. The summed E-state index contributed by atoms with van der Waals surface area (Å²) in [5, 5.41) is 5.24. The summed E-state index contributed by atoms with van der Waals surface area (Å²) in [5.74, 6) is 0. The SMILES string of the molecule is S=PNNP=S. The fourth-order valence-corrected chi connectivity index (χ4v) is 1.10. The molecule has 0 aromatic carbocycles. The lowest BCUT2D eigenvalue weighted by Crippen LogP contribution is -2.08. The molecule has 6 heteroatoms. The van der Waals surface area contributed by atoms with Crippen LogP contribution in [0.3, 0.4) is 0 Å². The Morgan fingerprint density at radius 1 is 1.00 bits per heavy atom. The Kier molecular flexibility index (Phi) is 6.91. The van der Waals surface area contributed by atoms with Crippen LogP contribution in [0.5, 0.6) is 0 Å². The summed E-state index contributed by atoms with van der Waals surface area (Å²) in [6, 6.07) is 0. The lowest BCUT2D eigenvalue weighted by atomic mass is 13.0. The standard InChI is InChI=1S/H2N2P2S2/c5-3-1-2-4-6/h(H,1,5)(H,2,6). The van der Waals surface area contributed by atoms with Gasteiger partial charge in [-0.15, -0.1) is 0 Å². The Hall–Kier alpha value is 0.960. The molecule has 0 saturated carbocycles. The van der Waals surface area contributed by atoms with Crippen LogP contribution in [-0.2, 0) is 23.6 Å². The molecule has 0 fully saturated rings. The molecule has 0 spiro atoms. The molecule has 0 rings (SSSR count). The Bertz CT molecular complexity index is 45.5. The van der Waals surface area contributed by atoms with Gasteiger partial charge in [-0.05, 0) is 23.6 Å². The zero-order valence-corrected chi connectivity index (χ0v) is 6.13. The molecule has 0 heterocycles. The van der Waals surface area contributed by atoms with Gasteiger partial charge in [-0.3, -0.25) is 0 Å². The Labute approximate surface area is 49.5 Å². The average Bonchev–Trinajstić information content (AvgIpc) is 1.61. The maximum atomic E-state index is 4.47. The second-order valence-electron chi connectivity index (χ2n) is 0.406. The predicted octanol–water partition coefficient (Wildman–Crippen LogP) is 0.727. The summed E-state index contributed by atoms with van der Waals surface area (Å²) >= 11 is 8.93. The molecule has 0 amide bonds. The van der Waals surface area contributed by atoms with Gasteiger partial charge in [0.05, 0.1) is 15.0 Å². The van der Waals surface area contributed by atoms with Gasteiger partial charge in [-0.25, -0.2) is 0 Å². The van der Waals surface area contributed by atoms with E-state index in [1.54, 1.807) is 0 Å². The molecule has 2 N–H and O–H groups in total. The van der Waals surface area contributed by atoms with Gasteiger partial charge in [-0.2, -0.15) is 10.4 Å². The molecule has 0 bridgehead atoms. The van der Waals surface area contributed by atoms with Crippen molar-refractivity contribution in [1.82, 2.24) is 10.4 Å². The van der Waals surface area contributed by atoms with Crippen molar-refractivity contribution in [1.29, 1.82) is 0 Å². The maximum absolute atomic E-state index is 4.47. The van der Waals surface area contributed by atoms with Crippen LogP contribution in [-0.4, -0.2) is 0 Å². The van der Waals surface area contributed by atoms with E-state index in [0.29, 0.717) is 15.0 Å². The first kappa shape index (κ1) is 6.96. The van der Waals surface area contributed by atoms with Crippen molar-refractivity contribution in [2.45, 2.75) is 0 Å². The number of rotatable bonds is 3. The molecular formula is H2N2P2S2. The van der Waals surface area contributed by atoms with E-state index in [9.17, 15) is 0 Å². The quantitative estimate of drug-likeness (QED) is 0.357. The number of hydrazine groups is 1. The molecule has 0 aromatic heterocycles. The molecule has 0 atom stereocenters. The molecule has 6 heavy (non-hydrogen) atoms. The minimum Gasteiger partial charge on any atom is -0.190 e. The first-order valence-corrected chi connectivity index (χ1v) is 4.88. The van der Waals surface area contributed by atoms with Gasteiger partial charge in [0.25, 0.3) is 0 Å². The van der Waals surface area contributed by atoms with E-state index in [-0.39, 0.29) is 0 Å². The zero-order chi connectivity index (χ0) is 4.83.